The fourth-order valence-corrected chi connectivity index (χ4v) is 2.22. The number of nitrogens with zero attached hydrogens (tertiary/aromatic N) is 1. The van der Waals surface area contributed by atoms with Crippen molar-refractivity contribution in [2.45, 2.75) is 13.3 Å². The van der Waals surface area contributed by atoms with Crippen LogP contribution in [-0.2, 0) is 4.79 Å². The molecule has 0 saturated heterocycles. The molecule has 1 aliphatic heterocycles. The van der Waals surface area contributed by atoms with Crippen LogP contribution in [0.5, 0.6) is 0 Å². The summed E-state index contributed by atoms with van der Waals surface area (Å²) in [4.78, 5) is 24.4. The van der Waals surface area contributed by atoms with E-state index in [0.717, 1.165) is 0 Å². The Morgan fingerprint density at radius 3 is 2.69 bits per heavy atom. The molecule has 1 aliphatic rings. The van der Waals surface area contributed by atoms with Crippen LogP contribution in [0.1, 0.15) is 23.7 Å². The number of halogens is 2. The SMILES string of the molecule is CCCN1C(=O)C(=O)c2cc(Br)cc(F)c21. The van der Waals surface area contributed by atoms with Gasteiger partial charge in [-0.15, -0.1) is 0 Å². The van der Waals surface area contributed by atoms with Crippen molar-refractivity contribution in [3.05, 3.63) is 28.0 Å². The van der Waals surface area contributed by atoms with Gasteiger partial charge in [-0.1, -0.05) is 22.9 Å². The van der Waals surface area contributed by atoms with Crippen molar-refractivity contribution in [3.8, 4) is 0 Å². The number of ketones is 1. The van der Waals surface area contributed by atoms with Crippen molar-refractivity contribution < 1.29 is 14.0 Å². The zero-order valence-electron chi connectivity index (χ0n) is 8.59. The molecule has 0 aliphatic carbocycles. The van der Waals surface area contributed by atoms with Crippen molar-refractivity contribution in [1.82, 2.24) is 0 Å². The van der Waals surface area contributed by atoms with Gasteiger partial charge in [-0.25, -0.2) is 4.39 Å². The van der Waals surface area contributed by atoms with Crippen LogP contribution in [0, 0.1) is 5.82 Å². The predicted molar refractivity (Wildman–Crippen MR) is 61.1 cm³/mol. The second-order valence-electron chi connectivity index (χ2n) is 3.57. The average Bonchev–Trinajstić information content (AvgIpc) is 2.44. The number of benzene rings is 1. The third-order valence-electron chi connectivity index (χ3n) is 2.43. The highest BCUT2D eigenvalue weighted by atomic mass is 79.9. The van der Waals surface area contributed by atoms with Gasteiger partial charge in [0.1, 0.15) is 5.82 Å². The normalized spacial score (nSPS) is 14.6. The Bertz CT molecular complexity index is 487. The van der Waals surface area contributed by atoms with Crippen LogP contribution in [0.25, 0.3) is 0 Å². The van der Waals surface area contributed by atoms with Crippen molar-refractivity contribution in [2.24, 2.45) is 0 Å². The predicted octanol–water partition coefficient (Wildman–Crippen LogP) is 2.53. The lowest BCUT2D eigenvalue weighted by Crippen LogP contribution is -2.30. The summed E-state index contributed by atoms with van der Waals surface area (Å²) >= 11 is 3.10. The molecular weight excluding hydrogens is 277 g/mol. The highest BCUT2D eigenvalue weighted by Crippen LogP contribution is 2.34. The molecule has 0 saturated carbocycles. The van der Waals surface area contributed by atoms with E-state index in [4.69, 9.17) is 0 Å². The first-order valence-electron chi connectivity index (χ1n) is 4.91. The molecule has 0 aromatic heterocycles. The van der Waals surface area contributed by atoms with Gasteiger partial charge in [0.25, 0.3) is 11.7 Å². The lowest BCUT2D eigenvalue weighted by Gasteiger charge is -2.15. The second-order valence-corrected chi connectivity index (χ2v) is 4.49. The van der Waals surface area contributed by atoms with Crippen LogP contribution >= 0.6 is 15.9 Å². The van der Waals surface area contributed by atoms with Gasteiger partial charge in [0.15, 0.2) is 0 Å². The molecule has 3 nitrogen and oxygen atoms in total. The quantitative estimate of drug-likeness (QED) is 0.783. The number of anilines is 1. The van der Waals surface area contributed by atoms with Crippen molar-refractivity contribution in [2.75, 3.05) is 11.4 Å². The summed E-state index contributed by atoms with van der Waals surface area (Å²) in [6.45, 7) is 2.22. The molecule has 0 bridgehead atoms. The molecule has 1 aromatic rings. The van der Waals surface area contributed by atoms with E-state index in [2.05, 4.69) is 15.9 Å². The third kappa shape index (κ3) is 1.55. The summed E-state index contributed by atoms with van der Waals surface area (Å²) in [6.07, 6.45) is 0.675. The summed E-state index contributed by atoms with van der Waals surface area (Å²) in [5.41, 5.74) is 0.255. The molecule has 0 spiro atoms. The second kappa shape index (κ2) is 3.97. The van der Waals surface area contributed by atoms with Gasteiger partial charge in [-0.05, 0) is 18.6 Å². The lowest BCUT2D eigenvalue weighted by molar-refractivity contribution is -0.114. The van der Waals surface area contributed by atoms with Crippen LogP contribution in [-0.4, -0.2) is 18.2 Å². The maximum absolute atomic E-state index is 13.7. The Balaban J connectivity index is 2.60. The molecule has 1 heterocycles. The molecule has 0 unspecified atom stereocenters. The van der Waals surface area contributed by atoms with E-state index in [1.54, 1.807) is 0 Å². The zero-order chi connectivity index (χ0) is 11.9. The number of Topliss-reactive ketones (excluding diaryl/α,β-unsaturated/α-hetero) is 1. The molecule has 16 heavy (non-hydrogen) atoms. The van der Waals surface area contributed by atoms with Gasteiger partial charge < -0.3 is 4.90 Å². The van der Waals surface area contributed by atoms with E-state index in [0.29, 0.717) is 17.4 Å². The van der Waals surface area contributed by atoms with Crippen LogP contribution in [0.4, 0.5) is 10.1 Å². The van der Waals surface area contributed by atoms with Crippen LogP contribution in [0.15, 0.2) is 16.6 Å². The minimum Gasteiger partial charge on any atom is -0.302 e. The van der Waals surface area contributed by atoms with Gasteiger partial charge in [0.05, 0.1) is 11.3 Å². The molecule has 0 radical (unpaired) electrons. The molecule has 5 heteroatoms. The number of fused-ring (bicyclic) bond motifs is 1. The van der Waals surface area contributed by atoms with Gasteiger partial charge in [0, 0.05) is 11.0 Å². The van der Waals surface area contributed by atoms with Crippen LogP contribution in [0.2, 0.25) is 0 Å². The number of carbonyl (C=O) groups excluding carboxylic acids is 2. The fourth-order valence-electron chi connectivity index (χ4n) is 1.79. The van der Waals surface area contributed by atoms with Crippen LogP contribution < -0.4 is 4.90 Å². The largest absolute Gasteiger partial charge is 0.302 e. The number of amides is 1. The highest BCUT2D eigenvalue weighted by molar-refractivity contribution is 9.10. The van der Waals surface area contributed by atoms with E-state index in [1.807, 2.05) is 6.92 Å². The average molecular weight is 286 g/mol. The van der Waals surface area contributed by atoms with E-state index in [-0.39, 0.29) is 11.3 Å². The number of hydrogen-bond donors (Lipinski definition) is 0. The molecule has 1 amide bonds. The third-order valence-corrected chi connectivity index (χ3v) is 2.89. The molecule has 0 N–H and O–H groups in total. The Kier molecular flexibility index (Phi) is 2.80. The summed E-state index contributed by atoms with van der Waals surface area (Å²) in [5.74, 6) is -1.82. The van der Waals surface area contributed by atoms with E-state index < -0.39 is 17.5 Å². The molecule has 0 atom stereocenters. The molecular formula is C11H9BrFNO2. The Labute approximate surface area is 100 Å². The standard InChI is InChI=1S/C11H9BrFNO2/c1-2-3-14-9-7(10(15)11(14)16)4-6(12)5-8(9)13/h4-5H,2-3H2,1H3. The highest BCUT2D eigenvalue weighted by Gasteiger charge is 2.37. The summed E-state index contributed by atoms with van der Waals surface area (Å²) in [7, 11) is 0. The van der Waals surface area contributed by atoms with E-state index in [9.17, 15) is 14.0 Å². The first kappa shape index (κ1) is 11.3. The first-order chi connectivity index (χ1) is 7.56. The number of carbonyl (C=O) groups is 2. The smallest absolute Gasteiger partial charge is 0.299 e. The molecule has 0 fully saturated rings. The van der Waals surface area contributed by atoms with Gasteiger partial charge >= 0.3 is 0 Å². The Morgan fingerprint density at radius 2 is 2.06 bits per heavy atom. The summed E-state index contributed by atoms with van der Waals surface area (Å²) in [6, 6.07) is 2.74. The molecule has 1 aromatic carbocycles. The number of rotatable bonds is 2. The van der Waals surface area contributed by atoms with Gasteiger partial charge in [-0.2, -0.15) is 0 Å². The number of hydrogen-bond acceptors (Lipinski definition) is 2. The zero-order valence-corrected chi connectivity index (χ0v) is 10.2. The van der Waals surface area contributed by atoms with Crippen molar-refractivity contribution in [3.63, 3.8) is 0 Å². The topological polar surface area (TPSA) is 37.4 Å². The summed E-state index contributed by atoms with van der Waals surface area (Å²) < 4.78 is 14.2. The molecule has 84 valence electrons. The first-order valence-corrected chi connectivity index (χ1v) is 5.70. The van der Waals surface area contributed by atoms with E-state index in [1.165, 1.54) is 17.0 Å². The Hall–Kier alpha value is -1.23. The van der Waals surface area contributed by atoms with Crippen LogP contribution in [0.3, 0.4) is 0 Å². The monoisotopic (exact) mass is 285 g/mol. The summed E-state index contributed by atoms with van der Waals surface area (Å²) in [5, 5.41) is 0. The van der Waals surface area contributed by atoms with Gasteiger partial charge in [0.2, 0.25) is 0 Å². The van der Waals surface area contributed by atoms with Gasteiger partial charge in [-0.3, -0.25) is 9.59 Å². The maximum Gasteiger partial charge on any atom is 0.299 e. The molecule has 2 rings (SSSR count). The Morgan fingerprint density at radius 1 is 1.38 bits per heavy atom. The lowest BCUT2D eigenvalue weighted by atomic mass is 10.1. The van der Waals surface area contributed by atoms with Crippen molar-refractivity contribution >= 4 is 33.3 Å². The van der Waals surface area contributed by atoms with Crippen molar-refractivity contribution in [1.29, 1.82) is 0 Å². The van der Waals surface area contributed by atoms with E-state index >= 15 is 0 Å². The fraction of sp³-hybridized carbons (Fsp3) is 0.273. The minimum absolute atomic E-state index is 0.111. The minimum atomic E-state index is -0.645. The maximum atomic E-state index is 13.7.